The van der Waals surface area contributed by atoms with Crippen molar-refractivity contribution >= 4 is 40.9 Å². The van der Waals surface area contributed by atoms with Crippen molar-refractivity contribution in [1.82, 2.24) is 9.88 Å². The Bertz CT molecular complexity index is 1230. The SMILES string of the molecule is Cc1ccccc1[C@H]1c2sc(=O)[nH]c2S[C@H]2[C@@H]3C[C@H]([C@H]4C(=O)N([C@@H](C)C(=O)O)C(=O)[C@H]34)[C@@H]12. The van der Waals surface area contributed by atoms with E-state index in [2.05, 4.69) is 24.0 Å². The Hall–Kier alpha value is -2.39. The standard InChI is InChI=1S/C23H22N2O5S2/c1-8-5-3-4-6-10(8)13-14-11-7-12(17(14)31-19-18(13)32-23(30)24-19)16-15(11)20(26)25(21(16)27)9(2)22(28)29/h3-6,9,11-17H,7H2,1-2H3,(H,24,30)(H,28,29)/t9-,11-,12+,13+,14-,15+,16+,17-/m0/s1. The molecule has 166 valence electrons. The smallest absolute Gasteiger partial charge is 0.326 e. The van der Waals surface area contributed by atoms with Crippen LogP contribution in [0.25, 0.3) is 0 Å². The van der Waals surface area contributed by atoms with Crippen LogP contribution in [0.15, 0.2) is 34.1 Å². The molecule has 0 radical (unpaired) electrons. The minimum atomic E-state index is -1.16. The minimum Gasteiger partial charge on any atom is -0.480 e. The predicted molar refractivity (Wildman–Crippen MR) is 119 cm³/mol. The number of imide groups is 1. The number of nitrogens with zero attached hydrogens (tertiary/aromatic N) is 1. The fourth-order valence-corrected chi connectivity index (χ4v) is 9.70. The zero-order valence-electron chi connectivity index (χ0n) is 17.5. The molecular formula is C23H22N2O5S2. The van der Waals surface area contributed by atoms with Gasteiger partial charge in [0.2, 0.25) is 11.8 Å². The summed E-state index contributed by atoms with van der Waals surface area (Å²) in [5, 5.41) is 10.4. The van der Waals surface area contributed by atoms with Gasteiger partial charge in [0.25, 0.3) is 0 Å². The van der Waals surface area contributed by atoms with Gasteiger partial charge in [-0.25, -0.2) is 4.79 Å². The molecule has 4 aliphatic rings. The first-order valence-corrected chi connectivity index (χ1v) is 12.5. The number of hydrogen-bond donors (Lipinski definition) is 2. The topological polar surface area (TPSA) is 108 Å². The number of carboxylic acids is 1. The van der Waals surface area contributed by atoms with Crippen molar-refractivity contribution < 1.29 is 19.5 Å². The van der Waals surface area contributed by atoms with Crippen molar-refractivity contribution in [2.24, 2.45) is 29.6 Å². The van der Waals surface area contributed by atoms with E-state index < -0.39 is 23.8 Å². The van der Waals surface area contributed by atoms with Crippen LogP contribution in [0.2, 0.25) is 0 Å². The van der Waals surface area contributed by atoms with Crippen LogP contribution in [-0.4, -0.2) is 44.1 Å². The molecule has 1 saturated heterocycles. The monoisotopic (exact) mass is 470 g/mol. The molecule has 7 nitrogen and oxygen atoms in total. The van der Waals surface area contributed by atoms with Crippen LogP contribution in [0, 0.1) is 36.5 Å². The number of thiazole rings is 1. The Morgan fingerprint density at radius 3 is 2.53 bits per heavy atom. The maximum atomic E-state index is 13.3. The molecule has 1 aromatic heterocycles. The van der Waals surface area contributed by atoms with Gasteiger partial charge < -0.3 is 10.1 Å². The van der Waals surface area contributed by atoms with Gasteiger partial charge in [-0.15, -0.1) is 11.8 Å². The highest BCUT2D eigenvalue weighted by atomic mass is 32.2. The Morgan fingerprint density at radius 2 is 1.84 bits per heavy atom. The molecule has 9 heteroatoms. The summed E-state index contributed by atoms with van der Waals surface area (Å²) in [5.74, 6) is -2.61. The molecular weight excluding hydrogens is 448 g/mol. The summed E-state index contributed by atoms with van der Waals surface area (Å²) < 4.78 is 0. The van der Waals surface area contributed by atoms with Gasteiger partial charge in [-0.1, -0.05) is 35.6 Å². The van der Waals surface area contributed by atoms with Crippen LogP contribution in [0.4, 0.5) is 0 Å². The molecule has 6 rings (SSSR count). The number of fused-ring (bicyclic) bond motifs is 9. The van der Waals surface area contributed by atoms with Gasteiger partial charge in [0.15, 0.2) is 0 Å². The number of carbonyl (C=O) groups excluding carboxylic acids is 2. The number of amides is 2. The van der Waals surface area contributed by atoms with Crippen molar-refractivity contribution in [1.29, 1.82) is 0 Å². The Balaban J connectivity index is 1.47. The quantitative estimate of drug-likeness (QED) is 0.668. The number of aromatic amines is 1. The zero-order chi connectivity index (χ0) is 22.5. The lowest BCUT2D eigenvalue weighted by Crippen LogP contribution is -2.44. The minimum absolute atomic E-state index is 0.0000898. The molecule has 32 heavy (non-hydrogen) atoms. The molecule has 2 amide bonds. The van der Waals surface area contributed by atoms with E-state index in [0.29, 0.717) is 0 Å². The molecule has 2 bridgehead atoms. The van der Waals surface area contributed by atoms with E-state index in [9.17, 15) is 24.3 Å². The van der Waals surface area contributed by atoms with Gasteiger partial charge in [-0.2, -0.15) is 0 Å². The maximum Gasteiger partial charge on any atom is 0.326 e. The van der Waals surface area contributed by atoms with Crippen LogP contribution in [-0.2, 0) is 14.4 Å². The molecule has 8 atom stereocenters. The van der Waals surface area contributed by atoms with Crippen molar-refractivity contribution in [2.45, 2.75) is 42.5 Å². The molecule has 1 aromatic carbocycles. The number of thioether (sulfide) groups is 1. The fourth-order valence-electron chi connectivity index (χ4n) is 6.82. The van der Waals surface area contributed by atoms with Crippen LogP contribution in [0.3, 0.4) is 0 Å². The molecule has 2 saturated carbocycles. The average Bonchev–Trinajstić information content (AvgIpc) is 3.47. The summed E-state index contributed by atoms with van der Waals surface area (Å²) in [5.41, 5.74) is 2.31. The lowest BCUT2D eigenvalue weighted by molar-refractivity contribution is -0.154. The Morgan fingerprint density at radius 1 is 1.16 bits per heavy atom. The largest absolute Gasteiger partial charge is 0.480 e. The van der Waals surface area contributed by atoms with Crippen molar-refractivity contribution in [3.8, 4) is 0 Å². The van der Waals surface area contributed by atoms with E-state index in [1.165, 1.54) is 18.3 Å². The summed E-state index contributed by atoms with van der Waals surface area (Å²) in [6.07, 6.45) is 0.798. The second-order valence-electron chi connectivity index (χ2n) is 9.38. The number of aromatic nitrogens is 1. The summed E-state index contributed by atoms with van der Waals surface area (Å²) >= 11 is 2.88. The predicted octanol–water partition coefficient (Wildman–Crippen LogP) is 2.69. The number of aliphatic carboxylic acids is 1. The Kier molecular flexibility index (Phi) is 4.30. The molecule has 3 heterocycles. The van der Waals surface area contributed by atoms with Crippen molar-refractivity contribution in [3.63, 3.8) is 0 Å². The van der Waals surface area contributed by atoms with E-state index in [-0.39, 0.29) is 45.6 Å². The number of H-pyrrole nitrogens is 1. The van der Waals surface area contributed by atoms with Crippen molar-refractivity contribution in [3.05, 3.63) is 49.9 Å². The second kappa shape index (κ2) is 6.81. The van der Waals surface area contributed by atoms with Gasteiger partial charge in [0.1, 0.15) is 6.04 Å². The highest BCUT2D eigenvalue weighted by Crippen LogP contribution is 2.68. The van der Waals surface area contributed by atoms with E-state index >= 15 is 0 Å². The van der Waals surface area contributed by atoms with Crippen LogP contribution >= 0.6 is 23.1 Å². The summed E-state index contributed by atoms with van der Waals surface area (Å²) in [7, 11) is 0. The van der Waals surface area contributed by atoms with Gasteiger partial charge in [-0.3, -0.25) is 19.3 Å². The average molecular weight is 471 g/mol. The first-order valence-electron chi connectivity index (χ1n) is 10.8. The van der Waals surface area contributed by atoms with E-state index in [4.69, 9.17) is 0 Å². The fraction of sp³-hybridized carbons (Fsp3) is 0.478. The van der Waals surface area contributed by atoms with E-state index in [0.717, 1.165) is 32.4 Å². The molecule has 3 fully saturated rings. The number of aryl methyl sites for hydroxylation is 1. The van der Waals surface area contributed by atoms with Crippen LogP contribution < -0.4 is 4.87 Å². The van der Waals surface area contributed by atoms with Crippen LogP contribution in [0.1, 0.15) is 35.3 Å². The third-order valence-electron chi connectivity index (χ3n) is 8.03. The highest BCUT2D eigenvalue weighted by molar-refractivity contribution is 8.00. The summed E-state index contributed by atoms with van der Waals surface area (Å²) in [6, 6.07) is 7.02. The molecule has 2 N–H and O–H groups in total. The molecule has 2 aliphatic carbocycles. The first-order chi connectivity index (χ1) is 15.3. The number of nitrogens with one attached hydrogen (secondary N) is 1. The summed E-state index contributed by atoms with van der Waals surface area (Å²) in [4.78, 5) is 55.4. The Labute approximate surface area is 192 Å². The third kappa shape index (κ3) is 2.49. The lowest BCUT2D eigenvalue weighted by atomic mass is 9.67. The van der Waals surface area contributed by atoms with E-state index in [1.807, 2.05) is 12.1 Å². The highest BCUT2D eigenvalue weighted by Gasteiger charge is 2.70. The first kappa shape index (κ1) is 20.2. The normalized spacial score (nSPS) is 35.6. The number of carbonyl (C=O) groups is 3. The van der Waals surface area contributed by atoms with Gasteiger partial charge in [0, 0.05) is 16.0 Å². The maximum absolute atomic E-state index is 13.3. The number of carboxylic acid groups (broad SMARTS) is 1. The van der Waals surface area contributed by atoms with Crippen molar-refractivity contribution in [2.75, 3.05) is 0 Å². The molecule has 2 aliphatic heterocycles. The number of rotatable bonds is 3. The van der Waals surface area contributed by atoms with Gasteiger partial charge in [-0.05, 0) is 49.1 Å². The van der Waals surface area contributed by atoms with Crippen LogP contribution in [0.5, 0.6) is 0 Å². The molecule has 0 unspecified atom stereocenters. The zero-order valence-corrected chi connectivity index (χ0v) is 19.1. The number of hydrogen-bond acceptors (Lipinski definition) is 6. The third-order valence-corrected chi connectivity index (χ3v) is 10.6. The molecule has 2 aromatic rings. The lowest BCUT2D eigenvalue weighted by Gasteiger charge is -2.43. The van der Waals surface area contributed by atoms with E-state index in [1.54, 1.807) is 11.8 Å². The second-order valence-corrected chi connectivity index (χ2v) is 11.6. The van der Waals surface area contributed by atoms with Gasteiger partial charge in [0.05, 0.1) is 16.9 Å². The summed E-state index contributed by atoms with van der Waals surface area (Å²) in [6.45, 7) is 3.47. The number of benzene rings is 1. The molecule has 0 spiro atoms. The van der Waals surface area contributed by atoms with Gasteiger partial charge >= 0.3 is 10.8 Å². The number of likely N-dealkylation sites (tertiary alicyclic amines) is 1.